The number of amides is 2. The van der Waals surface area contributed by atoms with E-state index in [2.05, 4.69) is 5.32 Å². The van der Waals surface area contributed by atoms with E-state index in [0.29, 0.717) is 35.2 Å². The van der Waals surface area contributed by atoms with E-state index in [-0.39, 0.29) is 11.8 Å². The molecule has 0 bridgehead atoms. The normalized spacial score (nSPS) is 10.1. The highest BCUT2D eigenvalue weighted by Gasteiger charge is 2.14. The van der Waals surface area contributed by atoms with Gasteiger partial charge in [-0.15, -0.1) is 0 Å². The van der Waals surface area contributed by atoms with Gasteiger partial charge in [0.1, 0.15) is 0 Å². The van der Waals surface area contributed by atoms with Crippen molar-refractivity contribution in [2.75, 3.05) is 18.0 Å². The number of hydrogen-bond acceptors (Lipinski definition) is 2. The van der Waals surface area contributed by atoms with Crippen LogP contribution < -0.4 is 10.2 Å². The lowest BCUT2D eigenvalue weighted by atomic mass is 10.2. The van der Waals surface area contributed by atoms with E-state index >= 15 is 0 Å². The maximum absolute atomic E-state index is 11.6. The monoisotopic (exact) mass is 302 g/mol. The standard InChI is InChI=1S/C13H16Cl2N2O2/c1-3-13(19)16-6-7-17(9(2)18)12-5-4-10(14)8-11(12)15/h4-5,8H,3,6-7H2,1-2H3,(H,16,19). The molecule has 1 N–H and O–H groups in total. The molecule has 19 heavy (non-hydrogen) atoms. The van der Waals surface area contributed by atoms with Crippen molar-refractivity contribution in [3.05, 3.63) is 28.2 Å². The SMILES string of the molecule is CCC(=O)NCCN(C(C)=O)c1ccc(Cl)cc1Cl. The Morgan fingerprint density at radius 3 is 2.53 bits per heavy atom. The van der Waals surface area contributed by atoms with Crippen LogP contribution in [-0.4, -0.2) is 24.9 Å². The predicted octanol–water partition coefficient (Wildman–Crippen LogP) is 2.87. The highest BCUT2D eigenvalue weighted by Crippen LogP contribution is 2.28. The molecule has 0 aliphatic rings. The van der Waals surface area contributed by atoms with Gasteiger partial charge in [0.25, 0.3) is 0 Å². The van der Waals surface area contributed by atoms with E-state index in [1.54, 1.807) is 25.1 Å². The number of nitrogens with one attached hydrogen (secondary N) is 1. The molecule has 2 amide bonds. The van der Waals surface area contributed by atoms with Crippen LogP contribution in [-0.2, 0) is 9.59 Å². The van der Waals surface area contributed by atoms with Crippen LogP contribution in [0.3, 0.4) is 0 Å². The van der Waals surface area contributed by atoms with Crippen LogP contribution in [0.1, 0.15) is 20.3 Å². The Morgan fingerprint density at radius 2 is 2.00 bits per heavy atom. The van der Waals surface area contributed by atoms with Crippen molar-refractivity contribution in [2.24, 2.45) is 0 Å². The van der Waals surface area contributed by atoms with Crippen molar-refractivity contribution >= 4 is 40.7 Å². The van der Waals surface area contributed by atoms with E-state index in [1.807, 2.05) is 0 Å². The fraction of sp³-hybridized carbons (Fsp3) is 0.385. The van der Waals surface area contributed by atoms with Gasteiger partial charge in [-0.05, 0) is 18.2 Å². The Hall–Kier alpha value is -1.26. The van der Waals surface area contributed by atoms with E-state index < -0.39 is 0 Å². The minimum Gasteiger partial charge on any atom is -0.354 e. The average Bonchev–Trinajstić information content (AvgIpc) is 2.35. The Bertz CT molecular complexity index is 478. The second-order valence-corrected chi connectivity index (χ2v) is 4.81. The summed E-state index contributed by atoms with van der Waals surface area (Å²) in [7, 11) is 0. The zero-order valence-electron chi connectivity index (χ0n) is 10.9. The largest absolute Gasteiger partial charge is 0.354 e. The van der Waals surface area contributed by atoms with Crippen LogP contribution in [0.15, 0.2) is 18.2 Å². The molecule has 0 fully saturated rings. The number of nitrogens with zero attached hydrogens (tertiary/aromatic N) is 1. The van der Waals surface area contributed by atoms with Crippen LogP contribution in [0, 0.1) is 0 Å². The summed E-state index contributed by atoms with van der Waals surface area (Å²) in [6, 6.07) is 4.94. The van der Waals surface area contributed by atoms with E-state index in [4.69, 9.17) is 23.2 Å². The molecular formula is C13H16Cl2N2O2. The topological polar surface area (TPSA) is 49.4 Å². The smallest absolute Gasteiger partial charge is 0.223 e. The van der Waals surface area contributed by atoms with Crippen LogP contribution >= 0.6 is 23.2 Å². The van der Waals surface area contributed by atoms with Crippen LogP contribution in [0.5, 0.6) is 0 Å². The molecule has 0 aromatic heterocycles. The molecule has 0 saturated carbocycles. The Kier molecular flexibility index (Phi) is 6.12. The first-order chi connectivity index (χ1) is 8.95. The molecule has 0 aliphatic carbocycles. The number of halogens is 2. The van der Waals surface area contributed by atoms with E-state index in [1.165, 1.54) is 11.8 Å². The number of benzene rings is 1. The summed E-state index contributed by atoms with van der Waals surface area (Å²) in [5, 5.41) is 3.63. The van der Waals surface area contributed by atoms with Crippen molar-refractivity contribution in [1.29, 1.82) is 0 Å². The first kappa shape index (κ1) is 15.8. The molecule has 0 heterocycles. The van der Waals surface area contributed by atoms with Gasteiger partial charge >= 0.3 is 0 Å². The minimum atomic E-state index is -0.144. The summed E-state index contributed by atoms with van der Waals surface area (Å²) in [5.41, 5.74) is 0.587. The number of carbonyl (C=O) groups is 2. The lowest BCUT2D eigenvalue weighted by Gasteiger charge is -2.22. The van der Waals surface area contributed by atoms with Gasteiger partial charge in [-0.25, -0.2) is 0 Å². The zero-order valence-corrected chi connectivity index (χ0v) is 12.4. The molecule has 0 aliphatic heterocycles. The predicted molar refractivity (Wildman–Crippen MR) is 77.8 cm³/mol. The van der Waals surface area contributed by atoms with E-state index in [9.17, 15) is 9.59 Å². The fourth-order valence-electron chi connectivity index (χ4n) is 1.58. The van der Waals surface area contributed by atoms with Gasteiger partial charge in [-0.1, -0.05) is 30.1 Å². The van der Waals surface area contributed by atoms with Crippen LogP contribution in [0.25, 0.3) is 0 Å². The Morgan fingerprint density at radius 1 is 1.32 bits per heavy atom. The molecule has 0 radical (unpaired) electrons. The molecule has 1 aromatic carbocycles. The summed E-state index contributed by atoms with van der Waals surface area (Å²) >= 11 is 11.9. The van der Waals surface area contributed by atoms with Gasteiger partial charge in [0, 0.05) is 31.5 Å². The van der Waals surface area contributed by atoms with Crippen molar-refractivity contribution < 1.29 is 9.59 Å². The summed E-state index contributed by atoms with van der Waals surface area (Å²) in [6.07, 6.45) is 0.418. The molecule has 0 atom stereocenters. The van der Waals surface area contributed by atoms with Gasteiger partial charge in [-0.2, -0.15) is 0 Å². The number of anilines is 1. The van der Waals surface area contributed by atoms with Gasteiger partial charge in [0.05, 0.1) is 10.7 Å². The minimum absolute atomic E-state index is 0.0503. The van der Waals surface area contributed by atoms with E-state index in [0.717, 1.165) is 0 Å². The zero-order chi connectivity index (χ0) is 14.4. The third-order valence-corrected chi connectivity index (χ3v) is 3.10. The van der Waals surface area contributed by atoms with Crippen LogP contribution in [0.4, 0.5) is 5.69 Å². The van der Waals surface area contributed by atoms with Crippen molar-refractivity contribution in [2.45, 2.75) is 20.3 Å². The first-order valence-electron chi connectivity index (χ1n) is 5.95. The van der Waals surface area contributed by atoms with Gasteiger partial charge in [0.15, 0.2) is 0 Å². The summed E-state index contributed by atoms with van der Waals surface area (Å²) in [6.45, 7) is 3.97. The first-order valence-corrected chi connectivity index (χ1v) is 6.71. The highest BCUT2D eigenvalue weighted by atomic mass is 35.5. The second-order valence-electron chi connectivity index (χ2n) is 3.97. The summed E-state index contributed by atoms with van der Waals surface area (Å²) in [5.74, 6) is -0.194. The van der Waals surface area contributed by atoms with Gasteiger partial charge in [-0.3, -0.25) is 9.59 Å². The number of rotatable bonds is 5. The molecule has 4 nitrogen and oxygen atoms in total. The van der Waals surface area contributed by atoms with Crippen LogP contribution in [0.2, 0.25) is 10.0 Å². The highest BCUT2D eigenvalue weighted by molar-refractivity contribution is 6.36. The molecule has 1 rings (SSSR count). The lowest BCUT2D eigenvalue weighted by Crippen LogP contribution is -2.37. The quantitative estimate of drug-likeness (QED) is 0.909. The Labute approximate surface area is 122 Å². The molecule has 0 spiro atoms. The third kappa shape index (κ3) is 4.73. The summed E-state index contributed by atoms with van der Waals surface area (Å²) < 4.78 is 0. The maximum atomic E-state index is 11.6. The molecule has 104 valence electrons. The lowest BCUT2D eigenvalue weighted by molar-refractivity contribution is -0.121. The summed E-state index contributed by atoms with van der Waals surface area (Å²) in [4.78, 5) is 24.3. The van der Waals surface area contributed by atoms with Crippen molar-refractivity contribution in [3.8, 4) is 0 Å². The van der Waals surface area contributed by atoms with Gasteiger partial charge in [0.2, 0.25) is 11.8 Å². The molecule has 0 saturated heterocycles. The average molecular weight is 303 g/mol. The molecular weight excluding hydrogens is 287 g/mol. The van der Waals surface area contributed by atoms with Crippen molar-refractivity contribution in [1.82, 2.24) is 5.32 Å². The second kappa shape index (κ2) is 7.36. The van der Waals surface area contributed by atoms with Crippen molar-refractivity contribution in [3.63, 3.8) is 0 Å². The molecule has 0 unspecified atom stereocenters. The van der Waals surface area contributed by atoms with Gasteiger partial charge < -0.3 is 10.2 Å². The molecule has 1 aromatic rings. The fourth-order valence-corrected chi connectivity index (χ4v) is 2.09. The third-order valence-electron chi connectivity index (χ3n) is 2.56. The number of carbonyl (C=O) groups excluding carboxylic acids is 2. The Balaban J connectivity index is 2.77. The maximum Gasteiger partial charge on any atom is 0.223 e. The molecule has 6 heteroatoms. The number of hydrogen-bond donors (Lipinski definition) is 1.